The summed E-state index contributed by atoms with van der Waals surface area (Å²) in [5.74, 6) is 0. The molecule has 14 heavy (non-hydrogen) atoms. The van der Waals surface area contributed by atoms with Crippen LogP contribution in [0.3, 0.4) is 0 Å². The fraction of sp³-hybridized carbons (Fsp3) is 0.833. The molecule has 0 saturated carbocycles. The first-order valence-corrected chi connectivity index (χ1v) is 6.45. The summed E-state index contributed by atoms with van der Waals surface area (Å²) in [4.78, 5) is 10.7. The monoisotopic (exact) mass is 288 g/mol. The van der Waals surface area contributed by atoms with E-state index in [0.717, 1.165) is 11.4 Å². The first-order valence-electron chi connectivity index (χ1n) is 3.89. The number of hydrogen-bond acceptors (Lipinski definition) is 4. The number of hydrogen-bond donors (Lipinski definition) is 1. The average Bonchev–Trinajstić information content (AvgIpc) is 2.12. The van der Waals surface area contributed by atoms with Crippen LogP contribution in [0.1, 0.15) is 6.92 Å². The van der Waals surface area contributed by atoms with Crippen LogP contribution in [0.25, 0.3) is 0 Å². The lowest BCUT2D eigenvalue weighted by Gasteiger charge is -2.18. The first-order chi connectivity index (χ1) is 6.47. The summed E-state index contributed by atoms with van der Waals surface area (Å²) >= 11 is 3.12. The third kappa shape index (κ3) is 4.25. The number of rotatable bonds is 5. The molecule has 1 N–H and O–H groups in total. The number of carbonyl (C=O) groups is 1. The summed E-state index contributed by atoms with van der Waals surface area (Å²) in [5, 5.41) is 0.503. The minimum absolute atomic E-state index is 0.290. The van der Waals surface area contributed by atoms with Crippen LogP contribution in [-0.2, 0) is 14.9 Å². The van der Waals surface area contributed by atoms with Gasteiger partial charge in [-0.15, -0.1) is 0 Å². The van der Waals surface area contributed by atoms with E-state index in [4.69, 9.17) is 0 Å². The molecule has 0 heterocycles. The molecule has 0 radical (unpaired) electrons. The lowest BCUT2D eigenvalue weighted by atomic mass is 10.7. The van der Waals surface area contributed by atoms with Crippen LogP contribution in [0, 0.1) is 0 Å². The topological polar surface area (TPSA) is 75.7 Å². The Hall–Kier alpha value is -0.340. The van der Waals surface area contributed by atoms with Crippen molar-refractivity contribution >= 4 is 32.2 Å². The van der Waals surface area contributed by atoms with E-state index in [1.54, 1.807) is 11.6 Å². The lowest BCUT2D eigenvalue weighted by molar-refractivity contribution is 0.177. The standard InChI is InChI=1S/C6H13BrN2O4S/c1-3-9(5-4-7)14(11,12)8-6(10)13-2/h3-5H2,1-2H3,(H,8,10). The highest BCUT2D eigenvalue weighted by Crippen LogP contribution is 1.99. The highest BCUT2D eigenvalue weighted by molar-refractivity contribution is 9.09. The molecule has 6 nitrogen and oxygen atoms in total. The third-order valence-electron chi connectivity index (χ3n) is 1.42. The number of carbonyl (C=O) groups excluding carboxylic acids is 1. The molecule has 0 rings (SSSR count). The van der Waals surface area contributed by atoms with Crippen LogP contribution < -0.4 is 4.72 Å². The molecule has 0 atom stereocenters. The summed E-state index contributed by atoms with van der Waals surface area (Å²) in [5.41, 5.74) is 0. The molecule has 0 aliphatic carbocycles. The van der Waals surface area contributed by atoms with Gasteiger partial charge in [-0.05, 0) is 0 Å². The van der Waals surface area contributed by atoms with Gasteiger partial charge < -0.3 is 4.74 Å². The highest BCUT2D eigenvalue weighted by atomic mass is 79.9. The number of nitrogens with zero attached hydrogens (tertiary/aromatic N) is 1. The fourth-order valence-electron chi connectivity index (χ4n) is 0.754. The van der Waals surface area contributed by atoms with Crippen molar-refractivity contribution in [1.82, 2.24) is 9.03 Å². The molecule has 0 aromatic heterocycles. The number of amides is 1. The van der Waals surface area contributed by atoms with Gasteiger partial charge in [-0.1, -0.05) is 22.9 Å². The Balaban J connectivity index is 4.49. The van der Waals surface area contributed by atoms with Gasteiger partial charge in [0.05, 0.1) is 7.11 Å². The van der Waals surface area contributed by atoms with Crippen molar-refractivity contribution in [3.63, 3.8) is 0 Å². The minimum Gasteiger partial charge on any atom is -0.452 e. The predicted molar refractivity (Wildman–Crippen MR) is 55.5 cm³/mol. The van der Waals surface area contributed by atoms with Gasteiger partial charge in [-0.3, -0.25) is 0 Å². The van der Waals surface area contributed by atoms with Crippen molar-refractivity contribution in [2.75, 3.05) is 25.5 Å². The molecule has 0 bridgehead atoms. The van der Waals surface area contributed by atoms with Crippen LogP contribution in [0.5, 0.6) is 0 Å². The summed E-state index contributed by atoms with van der Waals surface area (Å²) < 4.78 is 29.9. The quantitative estimate of drug-likeness (QED) is 0.739. The van der Waals surface area contributed by atoms with Gasteiger partial charge in [0.25, 0.3) is 0 Å². The summed E-state index contributed by atoms with van der Waals surface area (Å²) in [6.07, 6.45) is -0.988. The van der Waals surface area contributed by atoms with Crippen LogP contribution in [0.15, 0.2) is 0 Å². The van der Waals surface area contributed by atoms with Gasteiger partial charge in [0.1, 0.15) is 0 Å². The molecule has 0 unspecified atom stereocenters. The van der Waals surface area contributed by atoms with E-state index in [2.05, 4.69) is 20.7 Å². The van der Waals surface area contributed by atoms with E-state index < -0.39 is 16.3 Å². The molecular formula is C6H13BrN2O4S. The second-order valence-electron chi connectivity index (χ2n) is 2.28. The van der Waals surface area contributed by atoms with E-state index >= 15 is 0 Å². The Kier molecular flexibility index (Phi) is 6.05. The van der Waals surface area contributed by atoms with Gasteiger partial charge in [0.2, 0.25) is 0 Å². The number of alkyl halides is 1. The molecule has 0 aromatic rings. The second kappa shape index (κ2) is 6.20. The van der Waals surface area contributed by atoms with E-state index in [0.29, 0.717) is 11.9 Å². The smallest absolute Gasteiger partial charge is 0.421 e. The van der Waals surface area contributed by atoms with Gasteiger partial charge in [-0.2, -0.15) is 12.7 Å². The van der Waals surface area contributed by atoms with E-state index in [-0.39, 0.29) is 6.54 Å². The van der Waals surface area contributed by atoms with E-state index in [1.807, 2.05) is 0 Å². The Labute approximate surface area is 91.9 Å². The first kappa shape index (κ1) is 13.7. The Morgan fingerprint density at radius 2 is 2.14 bits per heavy atom. The molecule has 0 aliphatic rings. The number of methoxy groups -OCH3 is 1. The van der Waals surface area contributed by atoms with Gasteiger partial charge in [0, 0.05) is 18.4 Å². The van der Waals surface area contributed by atoms with E-state index in [1.165, 1.54) is 0 Å². The Bertz CT molecular complexity index is 280. The molecule has 1 amide bonds. The van der Waals surface area contributed by atoms with Gasteiger partial charge in [-0.25, -0.2) is 9.52 Å². The lowest BCUT2D eigenvalue weighted by Crippen LogP contribution is -2.44. The van der Waals surface area contributed by atoms with Crippen LogP contribution in [0.2, 0.25) is 0 Å². The summed E-state index contributed by atoms with van der Waals surface area (Å²) in [7, 11) is -2.66. The molecule has 0 aliphatic heterocycles. The maximum atomic E-state index is 11.4. The van der Waals surface area contributed by atoms with Crippen molar-refractivity contribution in [1.29, 1.82) is 0 Å². The predicted octanol–water partition coefficient (Wildman–Crippen LogP) is 0.304. The molecular weight excluding hydrogens is 276 g/mol. The maximum Gasteiger partial charge on any atom is 0.421 e. The second-order valence-corrected chi connectivity index (χ2v) is 4.74. The molecule has 84 valence electrons. The Morgan fingerprint density at radius 3 is 2.50 bits per heavy atom. The van der Waals surface area contributed by atoms with Crippen LogP contribution in [0.4, 0.5) is 4.79 Å². The van der Waals surface area contributed by atoms with E-state index in [9.17, 15) is 13.2 Å². The van der Waals surface area contributed by atoms with Crippen molar-refractivity contribution in [3.05, 3.63) is 0 Å². The van der Waals surface area contributed by atoms with Gasteiger partial charge in [0.15, 0.2) is 0 Å². The van der Waals surface area contributed by atoms with Gasteiger partial charge >= 0.3 is 16.3 Å². The molecule has 8 heteroatoms. The van der Waals surface area contributed by atoms with Crippen molar-refractivity contribution in [2.45, 2.75) is 6.92 Å². The maximum absolute atomic E-state index is 11.4. The van der Waals surface area contributed by atoms with Crippen LogP contribution >= 0.6 is 15.9 Å². The zero-order chi connectivity index (χ0) is 11.2. The van der Waals surface area contributed by atoms with Crippen molar-refractivity contribution in [2.24, 2.45) is 0 Å². The Morgan fingerprint density at radius 1 is 1.57 bits per heavy atom. The fourth-order valence-corrected chi connectivity index (χ4v) is 2.51. The minimum atomic E-state index is -3.77. The molecule has 0 aromatic carbocycles. The normalized spacial score (nSPS) is 11.4. The summed E-state index contributed by atoms with van der Waals surface area (Å²) in [6.45, 7) is 2.26. The largest absolute Gasteiger partial charge is 0.452 e. The number of nitrogens with one attached hydrogen (secondary N) is 1. The summed E-state index contributed by atoms with van der Waals surface area (Å²) in [6, 6.07) is 0. The zero-order valence-corrected chi connectivity index (χ0v) is 10.4. The van der Waals surface area contributed by atoms with Crippen LogP contribution in [-0.4, -0.2) is 44.3 Å². The third-order valence-corrected chi connectivity index (χ3v) is 3.32. The molecule has 0 fully saturated rings. The SMILES string of the molecule is CCN(CCBr)S(=O)(=O)NC(=O)OC. The molecule has 0 spiro atoms. The van der Waals surface area contributed by atoms with Crippen molar-refractivity contribution in [3.8, 4) is 0 Å². The molecule has 0 saturated heterocycles. The zero-order valence-electron chi connectivity index (χ0n) is 7.99. The highest BCUT2D eigenvalue weighted by Gasteiger charge is 2.22. The number of halogens is 1. The van der Waals surface area contributed by atoms with Crippen molar-refractivity contribution < 1.29 is 17.9 Å². The average molecular weight is 289 g/mol. The number of ether oxygens (including phenoxy) is 1.